The Kier molecular flexibility index (Phi) is 5.25. The van der Waals surface area contributed by atoms with Crippen LogP contribution in [0.2, 0.25) is 0 Å². The van der Waals surface area contributed by atoms with Crippen LogP contribution in [0.4, 0.5) is 19.3 Å². The molecule has 2 fully saturated rings. The van der Waals surface area contributed by atoms with Crippen LogP contribution in [-0.2, 0) is 4.84 Å². The summed E-state index contributed by atoms with van der Waals surface area (Å²) in [6, 6.07) is 9.19. The van der Waals surface area contributed by atoms with Gasteiger partial charge >= 0.3 is 6.03 Å². The van der Waals surface area contributed by atoms with Crippen molar-refractivity contribution in [1.29, 1.82) is 0 Å². The highest BCUT2D eigenvalue weighted by molar-refractivity contribution is 8.00. The molecule has 0 spiro atoms. The van der Waals surface area contributed by atoms with Gasteiger partial charge in [-0.2, -0.15) is 0 Å². The van der Waals surface area contributed by atoms with E-state index in [0.717, 1.165) is 23.8 Å². The largest absolute Gasteiger partial charge is 0.326 e. The first kappa shape index (κ1) is 20.2. The number of urea groups is 1. The van der Waals surface area contributed by atoms with Crippen LogP contribution in [0.3, 0.4) is 0 Å². The average Bonchev–Trinajstić information content (AvgIpc) is 3.56. The van der Waals surface area contributed by atoms with Crippen LogP contribution in [0.25, 0.3) is 0 Å². The van der Waals surface area contributed by atoms with Gasteiger partial charge in [-0.05, 0) is 42.7 Å². The molecule has 2 N–H and O–H groups in total. The SMILES string of the molecule is O=C(NC(=O)c1c(F)cccc1F)Nc1ccc(C2ON2C2SC3C=CC2CC3)cc1. The first-order chi connectivity index (χ1) is 15.0. The van der Waals surface area contributed by atoms with E-state index in [1.54, 1.807) is 12.1 Å². The molecule has 9 heteroatoms. The van der Waals surface area contributed by atoms with Crippen molar-refractivity contribution in [3.05, 3.63) is 77.4 Å². The second kappa shape index (κ2) is 8.07. The van der Waals surface area contributed by atoms with Crippen LogP contribution in [0, 0.1) is 17.6 Å². The highest BCUT2D eigenvalue weighted by Crippen LogP contribution is 2.51. The topological polar surface area (TPSA) is 73.7 Å². The number of carbonyl (C=O) groups excluding carboxylic acids is 2. The highest BCUT2D eigenvalue weighted by Gasteiger charge is 2.49. The summed E-state index contributed by atoms with van der Waals surface area (Å²) in [5.74, 6) is -2.73. The van der Waals surface area contributed by atoms with Crippen molar-refractivity contribution in [2.24, 2.45) is 5.92 Å². The number of anilines is 1. The molecule has 1 aliphatic carbocycles. The van der Waals surface area contributed by atoms with Gasteiger partial charge in [0.2, 0.25) is 0 Å². The monoisotopic (exact) mass is 443 g/mol. The molecular weight excluding hydrogens is 424 g/mol. The quantitative estimate of drug-likeness (QED) is 0.535. The van der Waals surface area contributed by atoms with Gasteiger partial charge in [0.15, 0.2) is 6.23 Å². The summed E-state index contributed by atoms with van der Waals surface area (Å²) >= 11 is 1.93. The molecule has 2 aromatic rings. The summed E-state index contributed by atoms with van der Waals surface area (Å²) in [4.78, 5) is 29.9. The Balaban J connectivity index is 1.17. The number of fused-ring (bicyclic) bond motifs is 2. The Bertz CT molecular complexity index is 1040. The molecule has 3 heterocycles. The van der Waals surface area contributed by atoms with Gasteiger partial charge in [0, 0.05) is 16.9 Å². The molecule has 3 amide bonds. The minimum Gasteiger partial charge on any atom is -0.308 e. The van der Waals surface area contributed by atoms with Crippen molar-refractivity contribution in [2.75, 3.05) is 5.32 Å². The lowest BCUT2D eigenvalue weighted by atomic mass is 9.94. The number of thioether (sulfide) groups is 1. The van der Waals surface area contributed by atoms with Gasteiger partial charge in [-0.15, -0.1) is 16.8 Å². The summed E-state index contributed by atoms with van der Waals surface area (Å²) in [7, 11) is 0. The molecule has 0 radical (unpaired) electrons. The fourth-order valence-electron chi connectivity index (χ4n) is 3.96. The Morgan fingerprint density at radius 2 is 1.77 bits per heavy atom. The van der Waals surface area contributed by atoms with E-state index in [0.29, 0.717) is 22.2 Å². The Morgan fingerprint density at radius 3 is 2.39 bits per heavy atom. The summed E-state index contributed by atoms with van der Waals surface area (Å²) in [5.41, 5.74) is 0.592. The fourth-order valence-corrected chi connectivity index (χ4v) is 5.48. The predicted octanol–water partition coefficient (Wildman–Crippen LogP) is 4.58. The number of benzene rings is 2. The summed E-state index contributed by atoms with van der Waals surface area (Å²) < 4.78 is 27.3. The third-order valence-electron chi connectivity index (χ3n) is 5.57. The number of nitrogens with zero attached hydrogens (tertiary/aromatic N) is 1. The third-order valence-corrected chi connectivity index (χ3v) is 7.15. The summed E-state index contributed by atoms with van der Waals surface area (Å²) in [5, 5.41) is 7.31. The molecular formula is C22H19F2N3O3S. The molecule has 6 rings (SSSR count). The van der Waals surface area contributed by atoms with Gasteiger partial charge in [-0.3, -0.25) is 14.9 Å². The Hall–Kier alpha value is -2.75. The molecule has 5 atom stereocenters. The maximum atomic E-state index is 13.7. The average molecular weight is 443 g/mol. The fraction of sp³-hybridized carbons (Fsp3) is 0.273. The third kappa shape index (κ3) is 4.08. The van der Waals surface area contributed by atoms with E-state index in [-0.39, 0.29) is 6.23 Å². The molecule has 0 aromatic heterocycles. The molecule has 3 aliphatic heterocycles. The summed E-state index contributed by atoms with van der Waals surface area (Å²) in [6.07, 6.45) is 6.85. The number of halogens is 2. The smallest absolute Gasteiger partial charge is 0.308 e. The lowest BCUT2D eigenvalue weighted by molar-refractivity contribution is 0.0959. The van der Waals surface area contributed by atoms with Gasteiger partial charge in [-0.25, -0.2) is 13.6 Å². The number of nitrogens with one attached hydrogen (secondary N) is 2. The van der Waals surface area contributed by atoms with Crippen LogP contribution >= 0.6 is 11.8 Å². The van der Waals surface area contributed by atoms with E-state index in [1.807, 2.05) is 34.3 Å². The normalized spacial score (nSPS) is 28.3. The van der Waals surface area contributed by atoms with Gasteiger partial charge in [-0.1, -0.05) is 30.4 Å². The first-order valence-corrected chi connectivity index (χ1v) is 10.9. The number of imide groups is 1. The number of hydrogen-bond donors (Lipinski definition) is 2. The van der Waals surface area contributed by atoms with Crippen molar-refractivity contribution in [1.82, 2.24) is 10.4 Å². The van der Waals surface area contributed by atoms with Gasteiger partial charge < -0.3 is 5.32 Å². The van der Waals surface area contributed by atoms with E-state index < -0.39 is 29.1 Å². The minimum atomic E-state index is -1.15. The molecule has 160 valence electrons. The molecule has 4 aliphatic rings. The molecule has 6 nitrogen and oxygen atoms in total. The number of rotatable bonds is 4. The summed E-state index contributed by atoms with van der Waals surface area (Å²) in [6.45, 7) is 0. The second-order valence-corrected chi connectivity index (χ2v) is 9.00. The van der Waals surface area contributed by atoms with Gasteiger partial charge in [0.25, 0.3) is 5.91 Å². The van der Waals surface area contributed by atoms with Crippen LogP contribution in [-0.4, -0.2) is 27.6 Å². The molecule has 2 aromatic carbocycles. The molecule has 5 unspecified atom stereocenters. The molecule has 31 heavy (non-hydrogen) atoms. The van der Waals surface area contributed by atoms with Gasteiger partial charge in [0.05, 0.1) is 5.37 Å². The van der Waals surface area contributed by atoms with Crippen LogP contribution in [0.15, 0.2) is 54.6 Å². The standard InChI is InChI=1S/C22H19F2N3O3S/c23-16-2-1-3-17(24)18(16)19(28)26-22(29)25-14-8-4-12(5-9-14)20-27(30-20)21-13-6-10-15(31-21)11-7-13/h1-6,8-10,13,15,20-21H,7,11H2,(H2,25,26,28,29). The van der Waals surface area contributed by atoms with Crippen molar-refractivity contribution in [2.45, 2.75) is 29.7 Å². The van der Waals surface area contributed by atoms with Gasteiger partial charge in [0.1, 0.15) is 17.2 Å². The van der Waals surface area contributed by atoms with E-state index >= 15 is 0 Å². The number of hydroxylamine groups is 2. The molecule has 2 saturated heterocycles. The number of carbonyl (C=O) groups is 2. The number of hydrogen-bond acceptors (Lipinski definition) is 5. The number of amides is 3. The van der Waals surface area contributed by atoms with E-state index in [2.05, 4.69) is 17.5 Å². The molecule has 0 saturated carbocycles. The van der Waals surface area contributed by atoms with Crippen molar-refractivity contribution in [3.8, 4) is 0 Å². The van der Waals surface area contributed by atoms with E-state index in [1.165, 1.54) is 12.8 Å². The minimum absolute atomic E-state index is 0.112. The zero-order valence-corrected chi connectivity index (χ0v) is 17.1. The lowest BCUT2D eigenvalue weighted by Gasteiger charge is -2.36. The van der Waals surface area contributed by atoms with Crippen molar-refractivity contribution < 1.29 is 23.2 Å². The molecule has 2 bridgehead atoms. The predicted molar refractivity (Wildman–Crippen MR) is 112 cm³/mol. The maximum Gasteiger partial charge on any atom is 0.326 e. The van der Waals surface area contributed by atoms with E-state index in [9.17, 15) is 18.4 Å². The van der Waals surface area contributed by atoms with Crippen LogP contribution in [0.1, 0.15) is 35.0 Å². The van der Waals surface area contributed by atoms with Crippen molar-refractivity contribution in [3.63, 3.8) is 0 Å². The zero-order chi connectivity index (χ0) is 21.5. The highest BCUT2D eigenvalue weighted by atomic mass is 32.2. The van der Waals surface area contributed by atoms with E-state index in [4.69, 9.17) is 4.84 Å². The van der Waals surface area contributed by atoms with Crippen LogP contribution < -0.4 is 10.6 Å². The van der Waals surface area contributed by atoms with Crippen LogP contribution in [0.5, 0.6) is 0 Å². The lowest BCUT2D eigenvalue weighted by Crippen LogP contribution is -2.35. The second-order valence-electron chi connectivity index (χ2n) is 7.64. The maximum absolute atomic E-state index is 13.7. The Labute approximate surface area is 181 Å². The zero-order valence-electron chi connectivity index (χ0n) is 16.3. The first-order valence-electron chi connectivity index (χ1n) is 9.95. The van der Waals surface area contributed by atoms with Crippen molar-refractivity contribution >= 4 is 29.4 Å². The Morgan fingerprint density at radius 1 is 1.03 bits per heavy atom.